The van der Waals surface area contributed by atoms with Crippen molar-refractivity contribution in [2.75, 3.05) is 12.3 Å². The Bertz CT molecular complexity index is 1210. The lowest BCUT2D eigenvalue weighted by molar-refractivity contribution is -0.0606. The Labute approximate surface area is 189 Å². The number of halogens is 1. The van der Waals surface area contributed by atoms with E-state index in [0.29, 0.717) is 0 Å². The van der Waals surface area contributed by atoms with Crippen molar-refractivity contribution in [3.8, 4) is 0 Å². The zero-order chi connectivity index (χ0) is 21.9. The molecule has 2 aromatic heterocycles. The van der Waals surface area contributed by atoms with Crippen LogP contribution in [0.25, 0.3) is 11.2 Å². The summed E-state index contributed by atoms with van der Waals surface area (Å²) in [6.45, 7) is 0.202. The van der Waals surface area contributed by atoms with Crippen molar-refractivity contribution < 1.29 is 23.8 Å². The third kappa shape index (κ3) is 3.68. The summed E-state index contributed by atoms with van der Waals surface area (Å²) in [5, 5.41) is 10.8. The average molecular weight is 530 g/mol. The van der Waals surface area contributed by atoms with Gasteiger partial charge < -0.3 is 27.8 Å². The summed E-state index contributed by atoms with van der Waals surface area (Å²) in [7, 11) is -3.45. The summed E-state index contributed by atoms with van der Waals surface area (Å²) >= 11 is 8.19. The normalized spacial score (nSPS) is 30.6. The van der Waals surface area contributed by atoms with Crippen LogP contribution in [-0.2, 0) is 32.6 Å². The van der Waals surface area contributed by atoms with E-state index in [4.69, 9.17) is 31.8 Å². The fourth-order valence-electron chi connectivity index (χ4n) is 3.74. The van der Waals surface area contributed by atoms with Gasteiger partial charge in [0, 0.05) is 0 Å². The van der Waals surface area contributed by atoms with Gasteiger partial charge in [-0.05, 0) is 21.5 Å². The zero-order valence-corrected chi connectivity index (χ0v) is 19.0. The standard InChI is InChI=1S/C17H17BrN5O6PS/c18-16-20-10-13(21-17(19)22(14(10)25)6-8-4-2-1-3-5-8)23(16)15-11(24)12-9(28-15)7-27-30(26,31)29-12/h1-5,9,11-12,15,24H,6-7H2,(H2,19,21)(H,26,31)/t9?,11?,12-,15-,30?/m1/s1. The summed E-state index contributed by atoms with van der Waals surface area (Å²) < 4.78 is 19.3. The van der Waals surface area contributed by atoms with Gasteiger partial charge in [-0.25, -0.2) is 9.88 Å². The van der Waals surface area contributed by atoms with Gasteiger partial charge in [0.2, 0.25) is 5.95 Å². The summed E-state index contributed by atoms with van der Waals surface area (Å²) in [4.78, 5) is 31.7. The van der Waals surface area contributed by atoms with E-state index >= 15 is 0 Å². The van der Waals surface area contributed by atoms with Crippen LogP contribution in [0.5, 0.6) is 0 Å². The number of hydrogen-bond donors (Lipinski definition) is 3. The second-order valence-corrected chi connectivity index (χ2v) is 10.7. The molecule has 0 saturated carbocycles. The molecule has 0 radical (unpaired) electrons. The average Bonchev–Trinajstić information content (AvgIpc) is 3.21. The predicted molar refractivity (Wildman–Crippen MR) is 117 cm³/mol. The van der Waals surface area contributed by atoms with Crippen LogP contribution in [0.2, 0.25) is 0 Å². The Kier molecular flexibility index (Phi) is 5.34. The van der Waals surface area contributed by atoms with Gasteiger partial charge in [0.05, 0.1) is 6.54 Å². The Morgan fingerprint density at radius 3 is 2.81 bits per heavy atom. The topological polar surface area (TPSA) is 147 Å². The van der Waals surface area contributed by atoms with E-state index in [1.165, 1.54) is 9.13 Å². The number of aromatic nitrogens is 4. The molecule has 11 nitrogen and oxygen atoms in total. The molecule has 14 heteroatoms. The molecule has 5 rings (SSSR count). The van der Waals surface area contributed by atoms with Crippen LogP contribution in [0.15, 0.2) is 39.9 Å². The number of aliphatic hydroxyl groups is 1. The molecule has 31 heavy (non-hydrogen) atoms. The second kappa shape index (κ2) is 7.78. The number of ether oxygens (including phenoxy) is 1. The number of nitrogen functional groups attached to an aromatic ring is 1. The highest BCUT2D eigenvalue weighted by atomic mass is 79.9. The number of hydrogen-bond acceptors (Lipinski definition) is 10. The van der Waals surface area contributed by atoms with E-state index in [-0.39, 0.29) is 35.0 Å². The number of nitrogens with two attached hydrogens (primary N) is 1. The van der Waals surface area contributed by atoms with Crippen molar-refractivity contribution in [1.29, 1.82) is 0 Å². The maximum absolute atomic E-state index is 13.1. The first kappa shape index (κ1) is 21.3. The zero-order valence-electron chi connectivity index (χ0n) is 15.7. The molecule has 5 atom stereocenters. The molecule has 164 valence electrons. The molecule has 0 aliphatic carbocycles. The molecule has 2 aliphatic heterocycles. The lowest BCUT2D eigenvalue weighted by atomic mass is 10.1. The van der Waals surface area contributed by atoms with Crippen LogP contribution in [-0.4, -0.2) is 54.0 Å². The molecule has 0 spiro atoms. The number of nitrogens with zero attached hydrogens (tertiary/aromatic N) is 4. The van der Waals surface area contributed by atoms with Gasteiger partial charge in [-0.15, -0.1) is 0 Å². The highest BCUT2D eigenvalue weighted by Gasteiger charge is 2.55. The largest absolute Gasteiger partial charge is 0.459 e. The number of benzene rings is 1. The summed E-state index contributed by atoms with van der Waals surface area (Å²) in [5.41, 5.74) is 6.76. The fourth-order valence-corrected chi connectivity index (χ4v) is 5.73. The number of aliphatic hydroxyl groups excluding tert-OH is 1. The minimum atomic E-state index is -3.45. The van der Waals surface area contributed by atoms with Crippen molar-refractivity contribution in [1.82, 2.24) is 19.1 Å². The summed E-state index contributed by atoms with van der Waals surface area (Å²) in [6.07, 6.45) is -3.78. The Balaban J connectivity index is 1.55. The smallest absolute Gasteiger partial charge is 0.287 e. The van der Waals surface area contributed by atoms with E-state index in [9.17, 15) is 14.8 Å². The third-order valence-electron chi connectivity index (χ3n) is 5.19. The van der Waals surface area contributed by atoms with E-state index in [0.717, 1.165) is 5.56 Å². The second-order valence-electron chi connectivity index (χ2n) is 7.16. The third-order valence-corrected chi connectivity index (χ3v) is 7.31. The van der Waals surface area contributed by atoms with Gasteiger partial charge in [-0.1, -0.05) is 30.3 Å². The lowest BCUT2D eigenvalue weighted by Crippen LogP contribution is -2.40. The Morgan fingerprint density at radius 1 is 1.32 bits per heavy atom. The first-order valence-electron chi connectivity index (χ1n) is 9.22. The molecule has 4 N–H and O–H groups in total. The minimum Gasteiger partial charge on any atom is -0.459 e. The van der Waals surface area contributed by atoms with Crippen molar-refractivity contribution in [2.24, 2.45) is 0 Å². The van der Waals surface area contributed by atoms with E-state index in [2.05, 4.69) is 25.9 Å². The summed E-state index contributed by atoms with van der Waals surface area (Å²) in [5.74, 6) is -0.00894. The highest BCUT2D eigenvalue weighted by molar-refractivity contribution is 9.10. The molecule has 0 amide bonds. The van der Waals surface area contributed by atoms with Crippen LogP contribution >= 0.6 is 23.1 Å². The van der Waals surface area contributed by atoms with Crippen LogP contribution in [0.1, 0.15) is 11.8 Å². The lowest BCUT2D eigenvalue weighted by Gasteiger charge is -2.32. The fraction of sp³-hybridized carbons (Fsp3) is 0.353. The molecule has 1 aromatic carbocycles. The predicted octanol–water partition coefficient (Wildman–Crippen LogP) is 0.876. The molecular weight excluding hydrogens is 513 g/mol. The van der Waals surface area contributed by atoms with E-state index < -0.39 is 37.2 Å². The molecule has 0 bridgehead atoms. The molecule has 2 saturated heterocycles. The van der Waals surface area contributed by atoms with Crippen molar-refractivity contribution in [2.45, 2.75) is 31.1 Å². The SMILES string of the molecule is Nc1nc2c(nc(Br)n2[C@@H]2OC3CO[P+](O)([S-])O[C@H]3C2O)c(=O)n1Cc1ccccc1. The summed E-state index contributed by atoms with van der Waals surface area (Å²) in [6, 6.07) is 9.36. The monoisotopic (exact) mass is 529 g/mol. The van der Waals surface area contributed by atoms with Crippen LogP contribution in [0, 0.1) is 0 Å². The number of imidazole rings is 1. The van der Waals surface area contributed by atoms with E-state index in [1.54, 1.807) is 0 Å². The maximum atomic E-state index is 13.1. The van der Waals surface area contributed by atoms with Crippen LogP contribution in [0.3, 0.4) is 0 Å². The first-order valence-corrected chi connectivity index (χ1v) is 12.6. The van der Waals surface area contributed by atoms with Crippen molar-refractivity contribution in [3.63, 3.8) is 0 Å². The molecular formula is C17H17BrN5O6PS. The van der Waals surface area contributed by atoms with Gasteiger partial charge in [0.25, 0.3) is 12.7 Å². The molecule has 2 fully saturated rings. The highest BCUT2D eigenvalue weighted by Crippen LogP contribution is 2.60. The minimum absolute atomic E-state index is 0.00894. The quantitative estimate of drug-likeness (QED) is 0.253. The first-order chi connectivity index (χ1) is 14.7. The Morgan fingerprint density at radius 2 is 2.06 bits per heavy atom. The van der Waals surface area contributed by atoms with Crippen molar-refractivity contribution in [3.05, 3.63) is 51.0 Å². The van der Waals surface area contributed by atoms with Gasteiger partial charge in [0.1, 0.15) is 18.8 Å². The van der Waals surface area contributed by atoms with E-state index in [1.807, 2.05) is 30.3 Å². The Hall–Kier alpha value is -1.57. The molecule has 3 unspecified atom stereocenters. The van der Waals surface area contributed by atoms with Crippen LogP contribution < -0.4 is 11.3 Å². The van der Waals surface area contributed by atoms with Crippen LogP contribution in [0.4, 0.5) is 5.95 Å². The van der Waals surface area contributed by atoms with Crippen molar-refractivity contribution >= 4 is 52.4 Å². The number of anilines is 1. The van der Waals surface area contributed by atoms with Gasteiger partial charge in [-0.2, -0.15) is 14.0 Å². The molecule has 3 aromatic rings. The van der Waals surface area contributed by atoms with Gasteiger partial charge in [-0.3, -0.25) is 13.9 Å². The number of fused-ring (bicyclic) bond motifs is 2. The maximum Gasteiger partial charge on any atom is 0.287 e. The number of rotatable bonds is 3. The van der Waals surface area contributed by atoms with Gasteiger partial charge in [0.15, 0.2) is 28.2 Å². The van der Waals surface area contributed by atoms with Gasteiger partial charge >= 0.3 is 0 Å². The molecule has 4 heterocycles. The molecule has 2 aliphatic rings.